The van der Waals surface area contributed by atoms with E-state index in [9.17, 15) is 49.8 Å². The van der Waals surface area contributed by atoms with E-state index in [-0.39, 0.29) is 13.1 Å². The fraction of sp³-hybridized carbons (Fsp3) is 0.886. The zero-order chi connectivity index (χ0) is 43.0. The third kappa shape index (κ3) is 11.8. The predicted molar refractivity (Wildman–Crippen MR) is 191 cm³/mol. The minimum Gasteiger partial charge on any atom is -0.435 e. The van der Waals surface area contributed by atoms with Crippen molar-refractivity contribution in [3.05, 3.63) is 0 Å². The molecule has 4 fully saturated rings. The number of hydrogen-bond acceptors (Lipinski definition) is 20. The lowest BCUT2D eigenvalue weighted by atomic mass is 9.94. The Bertz CT molecular complexity index is 1350. The van der Waals surface area contributed by atoms with Gasteiger partial charge in [0.25, 0.3) is 6.47 Å². The quantitative estimate of drug-likeness (QED) is 0.0484. The van der Waals surface area contributed by atoms with Crippen LogP contribution in [-0.4, -0.2) is 191 Å². The van der Waals surface area contributed by atoms with Gasteiger partial charge in [-0.05, 0) is 46.6 Å². The normalized spacial score (nSPS) is 43.2. The van der Waals surface area contributed by atoms with Crippen LogP contribution < -0.4 is 21.7 Å². The molecule has 4 heterocycles. The molecule has 20 atom stereocenters. The number of hydrogen-bond donors (Lipinski definition) is 10. The van der Waals surface area contributed by atoms with Crippen LogP contribution in [0.1, 0.15) is 60.8 Å². The Morgan fingerprint density at radius 2 is 1.02 bits per heavy atom. The second-order valence-corrected chi connectivity index (χ2v) is 14.9. The van der Waals surface area contributed by atoms with Crippen molar-refractivity contribution in [3.63, 3.8) is 0 Å². The number of nitrogens with two attached hydrogens (primary N) is 1. The van der Waals surface area contributed by atoms with Crippen molar-refractivity contribution in [2.75, 3.05) is 13.2 Å². The molecule has 58 heavy (non-hydrogen) atoms. The van der Waals surface area contributed by atoms with Crippen LogP contribution in [0.3, 0.4) is 0 Å². The molecule has 4 saturated heterocycles. The molecule has 334 valence electrons. The van der Waals surface area contributed by atoms with Crippen LogP contribution in [0.4, 0.5) is 0 Å². The topological polar surface area (TPSA) is 335 Å². The molecule has 0 aromatic rings. The van der Waals surface area contributed by atoms with E-state index >= 15 is 0 Å². The van der Waals surface area contributed by atoms with Gasteiger partial charge in [-0.25, -0.2) is 0 Å². The lowest BCUT2D eigenvalue weighted by Crippen LogP contribution is -2.70. The lowest BCUT2D eigenvalue weighted by Gasteiger charge is -2.50. The molecule has 0 bridgehead atoms. The number of carbonyl (C=O) groups is 4. The van der Waals surface area contributed by atoms with Gasteiger partial charge in [-0.15, -0.1) is 0 Å². The number of ether oxygens (including phenoxy) is 9. The molecule has 4 rings (SSSR count). The summed E-state index contributed by atoms with van der Waals surface area (Å²) in [6.07, 6.45) is -23.8. The first-order chi connectivity index (χ1) is 27.4. The van der Waals surface area contributed by atoms with E-state index in [1.807, 2.05) is 0 Å². The van der Waals surface area contributed by atoms with Gasteiger partial charge in [0.1, 0.15) is 73.1 Å². The molecule has 0 saturated carbocycles. The highest BCUT2D eigenvalue weighted by atomic mass is 16.8. The van der Waals surface area contributed by atoms with Gasteiger partial charge in [0, 0.05) is 27.4 Å². The second kappa shape index (κ2) is 21.7. The SMILES string of the molecule is CC(=O)NC1[C@H](O[C@@H]2C(NC(C)=O)[C@H](OCCCCCN)OC(C)[C@@H]2O)OC(C)C(O)[C@@H]1O[C@@H]1OC(OC=O)[C@@H](O)[C@H](O)C1O[C@@H]1OC(C)[C@@H](O)[C@H](O)C1NC(C)=O. The van der Waals surface area contributed by atoms with Gasteiger partial charge >= 0.3 is 0 Å². The number of rotatable bonds is 17. The maximum absolute atomic E-state index is 12.7. The highest BCUT2D eigenvalue weighted by Crippen LogP contribution is 2.35. The third-order valence-electron chi connectivity index (χ3n) is 10.3. The first kappa shape index (κ1) is 48.0. The van der Waals surface area contributed by atoms with E-state index in [4.69, 9.17) is 48.4 Å². The summed E-state index contributed by atoms with van der Waals surface area (Å²) in [5.74, 6) is -1.83. The summed E-state index contributed by atoms with van der Waals surface area (Å²) in [6.45, 7) is 8.60. The van der Waals surface area contributed by atoms with Gasteiger partial charge in [-0.2, -0.15) is 0 Å². The Hall–Kier alpha value is -2.72. The first-order valence-corrected chi connectivity index (χ1v) is 19.3. The average molecular weight is 841 g/mol. The van der Waals surface area contributed by atoms with E-state index < -0.39 is 141 Å². The molecule has 4 aliphatic rings. The Morgan fingerprint density at radius 1 is 0.552 bits per heavy atom. The van der Waals surface area contributed by atoms with Crippen LogP contribution in [0.2, 0.25) is 0 Å². The van der Waals surface area contributed by atoms with Crippen molar-refractivity contribution < 1.29 is 92.4 Å². The van der Waals surface area contributed by atoms with E-state index in [1.165, 1.54) is 20.8 Å². The summed E-state index contributed by atoms with van der Waals surface area (Å²) in [5, 5.41) is 74.2. The van der Waals surface area contributed by atoms with Crippen molar-refractivity contribution in [2.24, 2.45) is 5.73 Å². The number of unbranched alkanes of at least 4 members (excludes halogenated alkanes) is 2. The Balaban J connectivity index is 1.68. The van der Waals surface area contributed by atoms with Crippen LogP contribution in [0.15, 0.2) is 0 Å². The fourth-order valence-electron chi connectivity index (χ4n) is 7.23. The number of carbonyl (C=O) groups excluding carboxylic acids is 4. The van der Waals surface area contributed by atoms with Crippen LogP contribution in [0.25, 0.3) is 0 Å². The van der Waals surface area contributed by atoms with Gasteiger partial charge in [0.15, 0.2) is 25.2 Å². The fourth-order valence-corrected chi connectivity index (χ4v) is 7.23. The smallest absolute Gasteiger partial charge is 0.295 e. The summed E-state index contributed by atoms with van der Waals surface area (Å²) in [6, 6.07) is -4.02. The molecule has 4 aliphatic heterocycles. The molecule has 23 nitrogen and oxygen atoms in total. The number of aliphatic hydroxyl groups excluding tert-OH is 6. The van der Waals surface area contributed by atoms with E-state index in [2.05, 4.69) is 16.0 Å². The molecule has 0 radical (unpaired) electrons. The zero-order valence-corrected chi connectivity index (χ0v) is 33.2. The summed E-state index contributed by atoms with van der Waals surface area (Å²) in [7, 11) is 0. The number of aliphatic hydroxyl groups is 6. The van der Waals surface area contributed by atoms with Gasteiger partial charge in [-0.3, -0.25) is 19.2 Å². The lowest BCUT2D eigenvalue weighted by molar-refractivity contribution is -0.393. The standard InChI is InChI=1S/C35H60N4O19/c1-13-22(44)25(47)19(37-16(4)41)32(53-13)57-30-26(48)27(49)34(51-12-40)58-35(30)56-29-21(39-18(6)43)33(54-15(3)24(29)46)55-28-20(38-17(5)42)31(52-14(2)23(28)45)50-11-9-7-8-10-36/h12-15,19-35,44-49H,7-11,36H2,1-6H3,(H,37,41)(H,38,42)(H,39,43)/t13?,14?,15?,19?,20?,21?,22-,23+,24?,25-,26+,27+,28-,29-,30?,31-,32+,33+,34?,35-/m1/s1. The largest absolute Gasteiger partial charge is 0.435 e. The molecular formula is C35H60N4O19. The highest BCUT2D eigenvalue weighted by Gasteiger charge is 2.56. The van der Waals surface area contributed by atoms with Crippen LogP contribution in [0, 0.1) is 0 Å². The van der Waals surface area contributed by atoms with Gasteiger partial charge in [0.2, 0.25) is 24.0 Å². The molecule has 3 amide bonds. The summed E-state index contributed by atoms with van der Waals surface area (Å²) in [5.41, 5.74) is 5.59. The number of nitrogens with one attached hydrogen (secondary N) is 3. The molecular weight excluding hydrogens is 780 g/mol. The molecule has 23 heteroatoms. The Labute approximate surface area is 335 Å². The van der Waals surface area contributed by atoms with Crippen molar-refractivity contribution >= 4 is 24.2 Å². The Morgan fingerprint density at radius 3 is 1.55 bits per heavy atom. The van der Waals surface area contributed by atoms with Crippen molar-refractivity contribution in [3.8, 4) is 0 Å². The summed E-state index contributed by atoms with van der Waals surface area (Å²) >= 11 is 0. The minimum atomic E-state index is -2.00. The highest BCUT2D eigenvalue weighted by molar-refractivity contribution is 5.74. The van der Waals surface area contributed by atoms with E-state index in [0.717, 1.165) is 26.7 Å². The predicted octanol–water partition coefficient (Wildman–Crippen LogP) is -4.94. The molecule has 0 aliphatic carbocycles. The van der Waals surface area contributed by atoms with E-state index in [1.54, 1.807) is 6.92 Å². The third-order valence-corrected chi connectivity index (χ3v) is 10.3. The van der Waals surface area contributed by atoms with Crippen molar-refractivity contribution in [2.45, 2.75) is 184 Å². The molecule has 11 N–H and O–H groups in total. The van der Waals surface area contributed by atoms with Gasteiger partial charge < -0.3 is 95.0 Å². The van der Waals surface area contributed by atoms with Gasteiger partial charge in [-0.1, -0.05) is 0 Å². The van der Waals surface area contributed by atoms with Gasteiger partial charge in [0.05, 0.1) is 18.3 Å². The Kier molecular flexibility index (Phi) is 17.9. The van der Waals surface area contributed by atoms with E-state index in [0.29, 0.717) is 13.0 Å². The van der Waals surface area contributed by atoms with Crippen LogP contribution in [-0.2, 0) is 61.8 Å². The van der Waals surface area contributed by atoms with Crippen molar-refractivity contribution in [1.82, 2.24) is 16.0 Å². The van der Waals surface area contributed by atoms with Crippen LogP contribution >= 0.6 is 0 Å². The summed E-state index contributed by atoms with van der Waals surface area (Å²) in [4.78, 5) is 48.6. The average Bonchev–Trinajstić information content (AvgIpc) is 3.15. The molecule has 0 aromatic heterocycles. The summed E-state index contributed by atoms with van der Waals surface area (Å²) < 4.78 is 52.9. The van der Waals surface area contributed by atoms with Crippen molar-refractivity contribution in [1.29, 1.82) is 0 Å². The van der Waals surface area contributed by atoms with Crippen LogP contribution in [0.5, 0.6) is 0 Å². The zero-order valence-electron chi connectivity index (χ0n) is 33.2. The maximum Gasteiger partial charge on any atom is 0.295 e. The second-order valence-electron chi connectivity index (χ2n) is 14.9. The first-order valence-electron chi connectivity index (χ1n) is 19.3. The monoisotopic (exact) mass is 840 g/mol. The molecule has 9 unspecified atom stereocenters. The number of amides is 3. The molecule has 0 aromatic carbocycles. The maximum atomic E-state index is 12.7. The molecule has 0 spiro atoms. The minimum absolute atomic E-state index is 0.0620.